The monoisotopic (exact) mass is 457 g/mol. The molecule has 4 unspecified atom stereocenters. The Morgan fingerprint density at radius 3 is 1.88 bits per heavy atom. The lowest BCUT2D eigenvalue weighted by Crippen LogP contribution is -2.57. The number of carbonyl (C=O) groups is 4. The van der Waals surface area contributed by atoms with E-state index in [2.05, 4.69) is 20.9 Å². The molecule has 0 saturated heterocycles. The third-order valence-electron chi connectivity index (χ3n) is 4.67. The van der Waals surface area contributed by atoms with Crippen LogP contribution in [-0.2, 0) is 19.2 Å². The van der Waals surface area contributed by atoms with Crippen LogP contribution < -0.4 is 33.2 Å². The van der Waals surface area contributed by atoms with E-state index in [9.17, 15) is 19.2 Å². The average Bonchev–Trinajstić information content (AvgIpc) is 2.67. The summed E-state index contributed by atoms with van der Waals surface area (Å²) < 4.78 is 0. The van der Waals surface area contributed by atoms with Crippen LogP contribution in [-0.4, -0.2) is 65.5 Å². The van der Waals surface area contributed by atoms with Gasteiger partial charge in [0.2, 0.25) is 17.7 Å². The Balaban J connectivity index is 5.44. The minimum absolute atomic E-state index is 0.0718. The van der Waals surface area contributed by atoms with E-state index in [0.717, 1.165) is 0 Å². The number of nitrogens with one attached hydrogen (secondary N) is 3. The standard InChI is InChI=1S/C20H39N7O5/c1-10(2)9-14(27-18(30)15(21)11(3)4)17(29)26-13(7-6-8-24-20(22)23)16(28)25-12(5)19(31)32/h10-15H,6-9,21H2,1-5H3,(H,25,28)(H,26,29)(H,27,30)(H,31,32)(H4,22,23,24). The molecule has 0 aliphatic heterocycles. The molecule has 12 nitrogen and oxygen atoms in total. The SMILES string of the molecule is CC(C)CC(NC(=O)C(N)C(C)C)C(=O)NC(CCCN=C(N)N)C(=O)NC(C)C(=O)O. The fraction of sp³-hybridized carbons (Fsp3) is 0.750. The molecule has 0 aromatic heterocycles. The van der Waals surface area contributed by atoms with Gasteiger partial charge in [-0.15, -0.1) is 0 Å². The summed E-state index contributed by atoms with van der Waals surface area (Å²) in [6, 6.07) is -3.87. The number of carbonyl (C=O) groups excluding carboxylic acids is 3. The van der Waals surface area contributed by atoms with Crippen molar-refractivity contribution in [1.29, 1.82) is 0 Å². The molecule has 0 bridgehead atoms. The Hall–Kier alpha value is -2.89. The number of aliphatic carboxylic acids is 1. The fourth-order valence-electron chi connectivity index (χ4n) is 2.69. The number of rotatable bonds is 14. The molecule has 12 heteroatoms. The zero-order chi connectivity index (χ0) is 25.0. The van der Waals surface area contributed by atoms with Gasteiger partial charge >= 0.3 is 5.97 Å². The lowest BCUT2D eigenvalue weighted by molar-refractivity contribution is -0.141. The maximum absolute atomic E-state index is 13.0. The van der Waals surface area contributed by atoms with Crippen LogP contribution in [0.15, 0.2) is 4.99 Å². The van der Waals surface area contributed by atoms with E-state index < -0.39 is 47.9 Å². The van der Waals surface area contributed by atoms with Crippen LogP contribution in [0.2, 0.25) is 0 Å². The van der Waals surface area contributed by atoms with Crippen molar-refractivity contribution in [2.75, 3.05) is 6.54 Å². The minimum Gasteiger partial charge on any atom is -0.480 e. The highest BCUT2D eigenvalue weighted by atomic mass is 16.4. The van der Waals surface area contributed by atoms with Crippen molar-refractivity contribution in [2.24, 2.45) is 34.0 Å². The largest absolute Gasteiger partial charge is 0.480 e. The van der Waals surface area contributed by atoms with Crippen molar-refractivity contribution >= 4 is 29.7 Å². The molecular formula is C20H39N7O5. The fourth-order valence-corrected chi connectivity index (χ4v) is 2.69. The normalized spacial score (nSPS) is 14.8. The molecule has 0 rings (SSSR count). The number of amides is 3. The van der Waals surface area contributed by atoms with E-state index in [0.29, 0.717) is 12.8 Å². The Morgan fingerprint density at radius 2 is 1.41 bits per heavy atom. The van der Waals surface area contributed by atoms with Crippen molar-refractivity contribution < 1.29 is 24.3 Å². The molecule has 4 atom stereocenters. The zero-order valence-corrected chi connectivity index (χ0v) is 19.6. The number of carboxylic acids is 1. The lowest BCUT2D eigenvalue weighted by atomic mass is 10.00. The summed E-state index contributed by atoms with van der Waals surface area (Å²) >= 11 is 0. The van der Waals surface area contributed by atoms with Crippen molar-refractivity contribution in [3.8, 4) is 0 Å². The quantitative estimate of drug-likeness (QED) is 0.0935. The third kappa shape index (κ3) is 11.5. The smallest absolute Gasteiger partial charge is 0.325 e. The van der Waals surface area contributed by atoms with Gasteiger partial charge in [0.05, 0.1) is 6.04 Å². The highest BCUT2D eigenvalue weighted by Crippen LogP contribution is 2.08. The number of hydrogen-bond acceptors (Lipinski definition) is 6. The number of hydrogen-bond donors (Lipinski definition) is 7. The molecular weight excluding hydrogens is 418 g/mol. The van der Waals surface area contributed by atoms with Crippen LogP contribution in [0.1, 0.15) is 53.9 Å². The van der Waals surface area contributed by atoms with Crippen LogP contribution in [0.4, 0.5) is 0 Å². The van der Waals surface area contributed by atoms with Crippen LogP contribution in [0.25, 0.3) is 0 Å². The van der Waals surface area contributed by atoms with Gasteiger partial charge in [0.1, 0.15) is 18.1 Å². The van der Waals surface area contributed by atoms with E-state index in [1.165, 1.54) is 6.92 Å². The van der Waals surface area contributed by atoms with E-state index in [4.69, 9.17) is 22.3 Å². The van der Waals surface area contributed by atoms with E-state index in [1.807, 2.05) is 13.8 Å². The first kappa shape index (κ1) is 29.1. The van der Waals surface area contributed by atoms with Crippen molar-refractivity contribution in [3.63, 3.8) is 0 Å². The molecule has 0 radical (unpaired) electrons. The van der Waals surface area contributed by atoms with E-state index >= 15 is 0 Å². The zero-order valence-electron chi connectivity index (χ0n) is 19.6. The molecule has 0 heterocycles. The van der Waals surface area contributed by atoms with Gasteiger partial charge in [-0.25, -0.2) is 0 Å². The second-order valence-electron chi connectivity index (χ2n) is 8.54. The number of nitrogens with two attached hydrogens (primary N) is 3. The van der Waals surface area contributed by atoms with Gasteiger partial charge in [0, 0.05) is 6.54 Å². The number of guanidine groups is 1. The van der Waals surface area contributed by atoms with Crippen LogP contribution >= 0.6 is 0 Å². The van der Waals surface area contributed by atoms with Crippen LogP contribution in [0.5, 0.6) is 0 Å². The molecule has 0 saturated carbocycles. The van der Waals surface area contributed by atoms with Gasteiger partial charge in [-0.05, 0) is 38.0 Å². The molecule has 10 N–H and O–H groups in total. The first-order chi connectivity index (χ1) is 14.8. The number of nitrogens with zero attached hydrogens (tertiary/aromatic N) is 1. The maximum atomic E-state index is 13.0. The Morgan fingerprint density at radius 1 is 0.875 bits per heavy atom. The van der Waals surface area contributed by atoms with Gasteiger partial charge < -0.3 is 38.3 Å². The van der Waals surface area contributed by atoms with Crippen LogP contribution in [0, 0.1) is 11.8 Å². The average molecular weight is 458 g/mol. The predicted molar refractivity (Wildman–Crippen MR) is 121 cm³/mol. The second kappa shape index (κ2) is 14.2. The van der Waals surface area contributed by atoms with Gasteiger partial charge in [-0.2, -0.15) is 0 Å². The molecule has 32 heavy (non-hydrogen) atoms. The summed E-state index contributed by atoms with van der Waals surface area (Å²) in [4.78, 5) is 52.9. The summed E-state index contributed by atoms with van der Waals surface area (Å²) in [5.41, 5.74) is 16.5. The predicted octanol–water partition coefficient (Wildman–Crippen LogP) is -1.37. The second-order valence-corrected chi connectivity index (χ2v) is 8.54. The first-order valence-corrected chi connectivity index (χ1v) is 10.7. The highest BCUT2D eigenvalue weighted by molar-refractivity contribution is 5.94. The third-order valence-corrected chi connectivity index (χ3v) is 4.67. The molecule has 0 aliphatic carbocycles. The molecule has 0 fully saturated rings. The van der Waals surface area contributed by atoms with Crippen molar-refractivity contribution in [3.05, 3.63) is 0 Å². The summed E-state index contributed by atoms with van der Waals surface area (Å²) in [6.45, 7) is 8.91. The summed E-state index contributed by atoms with van der Waals surface area (Å²) in [5, 5.41) is 16.7. The summed E-state index contributed by atoms with van der Waals surface area (Å²) in [5.74, 6) is -3.05. The minimum atomic E-state index is -1.21. The highest BCUT2D eigenvalue weighted by Gasteiger charge is 2.30. The maximum Gasteiger partial charge on any atom is 0.325 e. The number of carboxylic acid groups (broad SMARTS) is 1. The number of aliphatic imine (C=N–C) groups is 1. The van der Waals surface area contributed by atoms with E-state index in [-0.39, 0.29) is 30.8 Å². The molecule has 0 aromatic carbocycles. The van der Waals surface area contributed by atoms with Gasteiger partial charge in [0.25, 0.3) is 0 Å². The summed E-state index contributed by atoms with van der Waals surface area (Å²) in [7, 11) is 0. The Kier molecular flexibility index (Phi) is 12.9. The van der Waals surface area contributed by atoms with Gasteiger partial charge in [-0.1, -0.05) is 27.7 Å². The first-order valence-electron chi connectivity index (χ1n) is 10.7. The molecule has 0 aliphatic rings. The van der Waals surface area contributed by atoms with Crippen LogP contribution in [0.3, 0.4) is 0 Å². The molecule has 0 aromatic rings. The lowest BCUT2D eigenvalue weighted by Gasteiger charge is -2.26. The molecule has 3 amide bonds. The van der Waals surface area contributed by atoms with Crippen molar-refractivity contribution in [2.45, 2.75) is 78.0 Å². The summed E-state index contributed by atoms with van der Waals surface area (Å²) in [6.07, 6.45) is 0.849. The van der Waals surface area contributed by atoms with Gasteiger partial charge in [-0.3, -0.25) is 24.2 Å². The molecule has 184 valence electrons. The van der Waals surface area contributed by atoms with Crippen molar-refractivity contribution in [1.82, 2.24) is 16.0 Å². The molecule has 0 spiro atoms. The van der Waals surface area contributed by atoms with Gasteiger partial charge in [0.15, 0.2) is 5.96 Å². The Labute approximate surface area is 189 Å². The Bertz CT molecular complexity index is 677. The topological polar surface area (TPSA) is 215 Å². The van der Waals surface area contributed by atoms with E-state index in [1.54, 1.807) is 13.8 Å².